The van der Waals surface area contributed by atoms with E-state index in [0.29, 0.717) is 88.2 Å². The molecule has 5 aliphatic rings. The van der Waals surface area contributed by atoms with Gasteiger partial charge in [-0.15, -0.1) is 0 Å². The van der Waals surface area contributed by atoms with Crippen molar-refractivity contribution in [2.24, 2.45) is 35.5 Å². The van der Waals surface area contributed by atoms with Gasteiger partial charge in [0.15, 0.2) is 0 Å². The topological polar surface area (TPSA) is 193 Å². The van der Waals surface area contributed by atoms with E-state index in [1.807, 2.05) is 54.1 Å². The summed E-state index contributed by atoms with van der Waals surface area (Å²) in [7, 11) is 2.63. The number of nitrogens with zero attached hydrogens (tertiary/aromatic N) is 4. The van der Waals surface area contributed by atoms with Crippen LogP contribution in [0, 0.1) is 61.2 Å². The molecule has 2 aliphatic carbocycles. The number of methoxy groups -OCH3 is 2. The van der Waals surface area contributed by atoms with Crippen molar-refractivity contribution in [3.8, 4) is 34.4 Å². The van der Waals surface area contributed by atoms with Gasteiger partial charge < -0.3 is 49.3 Å². The molecule has 0 bridgehead atoms. The van der Waals surface area contributed by atoms with Gasteiger partial charge >= 0.3 is 12.2 Å². The van der Waals surface area contributed by atoms with Crippen molar-refractivity contribution in [2.45, 2.75) is 103 Å². The number of H-pyrrole nitrogens is 2. The number of hydrogen-bond donors (Lipinski definition) is 4. The predicted molar refractivity (Wildman–Crippen MR) is 253 cm³/mol. The third kappa shape index (κ3) is 9.60. The maximum atomic E-state index is 14.4. The second-order valence-electron chi connectivity index (χ2n) is 19.5. The fourth-order valence-electron chi connectivity index (χ4n) is 11.0. The fraction of sp³-hybridized carbons (Fsp3) is 0.538. The Labute approximate surface area is 398 Å². The third-order valence-electron chi connectivity index (χ3n) is 15.5. The first-order chi connectivity index (χ1) is 32.8. The highest BCUT2D eigenvalue weighted by Gasteiger charge is 2.62. The number of carbonyl (C=O) groups excluding carboxylic acids is 4. The van der Waals surface area contributed by atoms with Crippen LogP contribution in [0.5, 0.6) is 0 Å². The number of alkyl carbamates (subject to hydrolysis) is 2. The molecule has 4 aromatic rings. The van der Waals surface area contributed by atoms with E-state index in [1.165, 1.54) is 14.2 Å². The molecule has 3 aliphatic heterocycles. The number of hydrogen-bond acceptors (Lipinski definition) is 10. The summed E-state index contributed by atoms with van der Waals surface area (Å²) >= 11 is 0. The molecule has 2 saturated carbocycles. The lowest BCUT2D eigenvalue weighted by Crippen LogP contribution is -2.54. The van der Waals surface area contributed by atoms with Crippen molar-refractivity contribution in [3.05, 3.63) is 82.7 Å². The van der Waals surface area contributed by atoms with E-state index in [0.717, 1.165) is 57.0 Å². The van der Waals surface area contributed by atoms with Crippen LogP contribution in [0.1, 0.15) is 92.8 Å². The lowest BCUT2D eigenvalue weighted by molar-refractivity contribution is -0.138. The number of fused-ring (bicyclic) bond motifs is 1. The number of nitrogens with one attached hydrogen (secondary N) is 4. The summed E-state index contributed by atoms with van der Waals surface area (Å²) in [6.45, 7) is 13.1. The van der Waals surface area contributed by atoms with Crippen molar-refractivity contribution in [2.75, 3.05) is 40.6 Å². The van der Waals surface area contributed by atoms with E-state index in [-0.39, 0.29) is 41.8 Å². The largest absolute Gasteiger partial charge is 0.453 e. The molecule has 2 aromatic heterocycles. The van der Waals surface area contributed by atoms with E-state index in [4.69, 9.17) is 28.9 Å². The first kappa shape index (κ1) is 46.9. The highest BCUT2D eigenvalue weighted by molar-refractivity contribution is 5.88. The summed E-state index contributed by atoms with van der Waals surface area (Å²) in [6.07, 6.45) is 5.97. The molecule has 0 radical (unpaired) electrons. The first-order valence-corrected chi connectivity index (χ1v) is 24.1. The standard InChI is InChI=1S/C52H64N8O8/c1-28-22-37(40-25-53-43(55-40)27-59(46-30(3)31(46)4)49(61)44(57-51(63)65-6)35-14-18-67-19-15-35)12-10-33(28)8-9-34-11-13-38(23-29(34)2)41-26-54-48(56-41)42-24-39-32(5)47(39)60(42)50(62)45(58-52(64)66-7)36-16-20-68-21-17-36/h10-13,22-23,25-26,30-32,35-36,39,42,44-47H,14-21,24,27H2,1-7H3,(H,53,55)(H,54,56)(H,57,63)(H,58,64). The number of piperidine rings is 1. The maximum absolute atomic E-state index is 14.4. The van der Waals surface area contributed by atoms with E-state index in [2.05, 4.69) is 65.3 Å². The number of rotatable bonds is 12. The van der Waals surface area contributed by atoms with E-state index >= 15 is 0 Å². The number of benzene rings is 2. The number of aromatic nitrogens is 4. The minimum Gasteiger partial charge on any atom is -0.453 e. The molecule has 5 fully saturated rings. The molecule has 68 heavy (non-hydrogen) atoms. The number of imidazole rings is 2. The summed E-state index contributed by atoms with van der Waals surface area (Å²) in [5, 5.41) is 5.71. The lowest BCUT2D eigenvalue weighted by atomic mass is 9.90. The lowest BCUT2D eigenvalue weighted by Gasteiger charge is -2.35. The van der Waals surface area contributed by atoms with Crippen LogP contribution >= 0.6 is 0 Å². The molecule has 0 spiro atoms. The zero-order valence-electron chi connectivity index (χ0n) is 40.1. The number of carbonyl (C=O) groups is 4. The molecule has 8 atom stereocenters. The van der Waals surface area contributed by atoms with Gasteiger partial charge in [-0.25, -0.2) is 19.6 Å². The van der Waals surface area contributed by atoms with Crippen LogP contribution in [0.15, 0.2) is 48.8 Å². The summed E-state index contributed by atoms with van der Waals surface area (Å²) in [6, 6.07) is 10.8. The van der Waals surface area contributed by atoms with Crippen molar-refractivity contribution in [1.82, 2.24) is 40.4 Å². The molecule has 3 saturated heterocycles. The van der Waals surface area contributed by atoms with Gasteiger partial charge in [-0.2, -0.15) is 0 Å². The number of amides is 4. The Balaban J connectivity index is 0.869. The molecule has 16 heteroatoms. The van der Waals surface area contributed by atoms with Crippen LogP contribution in [0.2, 0.25) is 0 Å². The quantitative estimate of drug-likeness (QED) is 0.112. The minimum absolute atomic E-state index is 0.0371. The van der Waals surface area contributed by atoms with Crippen LogP contribution in [-0.4, -0.2) is 119 Å². The zero-order valence-corrected chi connectivity index (χ0v) is 40.1. The van der Waals surface area contributed by atoms with Gasteiger partial charge in [-0.3, -0.25) is 9.59 Å². The minimum atomic E-state index is -0.715. The van der Waals surface area contributed by atoms with Crippen LogP contribution in [0.4, 0.5) is 9.59 Å². The maximum Gasteiger partial charge on any atom is 0.407 e. The number of aryl methyl sites for hydroxylation is 2. The van der Waals surface area contributed by atoms with Gasteiger partial charge in [0.05, 0.1) is 50.6 Å². The van der Waals surface area contributed by atoms with E-state index < -0.39 is 24.3 Å². The predicted octanol–water partition coefficient (Wildman–Crippen LogP) is 6.68. The van der Waals surface area contributed by atoms with Gasteiger partial charge in [0.25, 0.3) is 0 Å². The molecule has 16 nitrogen and oxygen atoms in total. The van der Waals surface area contributed by atoms with Crippen molar-refractivity contribution >= 4 is 24.0 Å². The smallest absolute Gasteiger partial charge is 0.407 e. The Morgan fingerprint density at radius 3 is 1.84 bits per heavy atom. The molecule has 360 valence electrons. The summed E-state index contributed by atoms with van der Waals surface area (Å²) in [4.78, 5) is 74.0. The summed E-state index contributed by atoms with van der Waals surface area (Å²) < 4.78 is 21.0. The SMILES string of the molecule is COC(=O)NC(C(=O)N(Cc1ncc(-c2ccc(C#Cc3ccc(-c4cnc(C5CC6C(C)C6N5C(=O)C(NC(=O)OC)C5CCOCC5)[nH]4)cc3C)c(C)c2)[nH]1)C1C(C)C1C)C1CCOCC1. The first-order valence-electron chi connectivity index (χ1n) is 24.1. The molecule has 9 rings (SSSR count). The van der Waals surface area contributed by atoms with Crippen molar-refractivity contribution in [3.63, 3.8) is 0 Å². The highest BCUT2D eigenvalue weighted by Crippen LogP contribution is 2.57. The van der Waals surface area contributed by atoms with Gasteiger partial charge in [-0.1, -0.05) is 44.7 Å². The average Bonchev–Trinajstić information content (AvgIpc) is 3.80. The van der Waals surface area contributed by atoms with Crippen LogP contribution in [0.3, 0.4) is 0 Å². The van der Waals surface area contributed by atoms with Crippen LogP contribution in [0.25, 0.3) is 22.5 Å². The molecule has 2 aromatic carbocycles. The highest BCUT2D eigenvalue weighted by atomic mass is 16.5. The molecule has 8 unspecified atom stereocenters. The number of aromatic amines is 2. The molecule has 5 heterocycles. The summed E-state index contributed by atoms with van der Waals surface area (Å²) in [5.74, 6) is 9.33. The number of ether oxygens (including phenoxy) is 4. The summed E-state index contributed by atoms with van der Waals surface area (Å²) in [5.41, 5.74) is 7.48. The molecule has 4 N–H and O–H groups in total. The molecular formula is C52H64N8O8. The monoisotopic (exact) mass is 928 g/mol. The second kappa shape index (κ2) is 19.8. The average molecular weight is 929 g/mol. The normalized spacial score (nSPS) is 25.3. The van der Waals surface area contributed by atoms with E-state index in [1.54, 1.807) is 6.20 Å². The van der Waals surface area contributed by atoms with Crippen LogP contribution < -0.4 is 10.6 Å². The Hall–Kier alpha value is -6.18. The fourth-order valence-corrected chi connectivity index (χ4v) is 11.0. The Morgan fingerprint density at radius 1 is 0.765 bits per heavy atom. The molecule has 4 amide bonds. The molecular weight excluding hydrogens is 865 g/mol. The van der Waals surface area contributed by atoms with Gasteiger partial charge in [0.2, 0.25) is 11.8 Å². The van der Waals surface area contributed by atoms with Gasteiger partial charge in [0, 0.05) is 49.6 Å². The van der Waals surface area contributed by atoms with Crippen LogP contribution in [-0.2, 0) is 35.1 Å². The third-order valence-corrected chi connectivity index (χ3v) is 15.5. The van der Waals surface area contributed by atoms with Gasteiger partial charge in [-0.05, 0) is 128 Å². The number of likely N-dealkylation sites (tertiary alicyclic amines) is 1. The Kier molecular flexibility index (Phi) is 13.7. The Bertz CT molecular complexity index is 2580. The van der Waals surface area contributed by atoms with E-state index in [9.17, 15) is 19.2 Å². The van der Waals surface area contributed by atoms with Crippen molar-refractivity contribution < 1.29 is 38.1 Å². The Morgan fingerprint density at radius 2 is 1.29 bits per heavy atom. The second-order valence-corrected chi connectivity index (χ2v) is 19.5. The van der Waals surface area contributed by atoms with Gasteiger partial charge in [0.1, 0.15) is 23.7 Å². The van der Waals surface area contributed by atoms with Crippen molar-refractivity contribution in [1.29, 1.82) is 0 Å². The zero-order chi connectivity index (χ0) is 47.8.